The summed E-state index contributed by atoms with van der Waals surface area (Å²) in [5.74, 6) is -10.7. The van der Waals surface area contributed by atoms with Crippen molar-refractivity contribution < 1.29 is 39.2 Å². The van der Waals surface area contributed by atoms with Crippen LogP contribution in [0.3, 0.4) is 0 Å². The van der Waals surface area contributed by atoms with E-state index >= 15 is 0 Å². The fourth-order valence-electron chi connectivity index (χ4n) is 8.21. The molecule has 0 spiro atoms. The monoisotopic (exact) mass is 496 g/mol. The maximum absolute atomic E-state index is 14.3. The zero-order chi connectivity index (χ0) is 26.7. The zero-order valence-electron chi connectivity index (χ0n) is 21.2. The normalized spacial score (nSPS) is 52.3. The molecule has 192 valence electrons. The van der Waals surface area contributed by atoms with Gasteiger partial charge in [-0.05, 0) is 53.7 Å². The van der Waals surface area contributed by atoms with Gasteiger partial charge >= 0.3 is 0 Å². The molecular formula is C28H32O8. The van der Waals surface area contributed by atoms with E-state index in [1.807, 2.05) is 0 Å². The van der Waals surface area contributed by atoms with Gasteiger partial charge in [0.15, 0.2) is 17.3 Å². The van der Waals surface area contributed by atoms with Crippen molar-refractivity contribution in [2.45, 2.75) is 64.3 Å². The fraction of sp³-hybridized carbons (Fsp3) is 0.536. The summed E-state index contributed by atoms with van der Waals surface area (Å²) in [6, 6.07) is 0. The Morgan fingerprint density at radius 2 is 1.36 bits per heavy atom. The van der Waals surface area contributed by atoms with Crippen LogP contribution in [0.5, 0.6) is 0 Å². The molecule has 0 aromatic rings. The number of aliphatic hydroxyl groups is 3. The van der Waals surface area contributed by atoms with Crippen molar-refractivity contribution in [1.29, 1.82) is 0 Å². The molecule has 2 heterocycles. The quantitative estimate of drug-likeness (QED) is 0.229. The van der Waals surface area contributed by atoms with E-state index < -0.39 is 74.5 Å². The summed E-state index contributed by atoms with van der Waals surface area (Å²) < 4.78 is 12.5. The summed E-state index contributed by atoms with van der Waals surface area (Å²) in [7, 11) is 0. The number of hydrogen-bond acceptors (Lipinski definition) is 8. The Bertz CT molecular complexity index is 1250. The molecule has 2 saturated heterocycles. The summed E-state index contributed by atoms with van der Waals surface area (Å²) in [5.41, 5.74) is -7.43. The third kappa shape index (κ3) is 2.17. The number of carbonyl (C=O) groups excluding carboxylic acids is 3. The lowest BCUT2D eigenvalue weighted by Gasteiger charge is -2.59. The lowest BCUT2D eigenvalue weighted by atomic mass is 9.38. The van der Waals surface area contributed by atoms with Gasteiger partial charge in [0, 0.05) is 17.4 Å². The molecule has 36 heavy (non-hydrogen) atoms. The van der Waals surface area contributed by atoms with Gasteiger partial charge in [0.2, 0.25) is 11.6 Å². The van der Waals surface area contributed by atoms with Gasteiger partial charge in [0.05, 0.1) is 16.7 Å². The van der Waals surface area contributed by atoms with Crippen molar-refractivity contribution in [3.8, 4) is 0 Å². The van der Waals surface area contributed by atoms with Crippen LogP contribution in [0.2, 0.25) is 0 Å². The summed E-state index contributed by atoms with van der Waals surface area (Å²) in [5, 5.41) is 35.4. The van der Waals surface area contributed by atoms with Crippen LogP contribution < -0.4 is 0 Å². The smallest absolute Gasteiger partial charge is 0.209 e. The molecule has 3 aliphatic carbocycles. The lowest BCUT2D eigenvalue weighted by Crippen LogP contribution is -2.76. The Balaban J connectivity index is 1.87. The number of ether oxygens (including phenoxy) is 2. The molecule has 5 aliphatic rings. The minimum absolute atomic E-state index is 0.120. The lowest BCUT2D eigenvalue weighted by molar-refractivity contribution is -0.451. The molecule has 8 heteroatoms. The van der Waals surface area contributed by atoms with Crippen molar-refractivity contribution in [2.24, 2.45) is 28.6 Å². The van der Waals surface area contributed by atoms with Crippen LogP contribution in [0.1, 0.15) is 41.5 Å². The molecule has 9 atom stereocenters. The second kappa shape index (κ2) is 7.01. The van der Waals surface area contributed by atoms with Crippen LogP contribution in [-0.4, -0.2) is 55.4 Å². The first-order valence-electron chi connectivity index (χ1n) is 12.2. The summed E-state index contributed by atoms with van der Waals surface area (Å²) in [6.07, 6.45) is 12.4. The summed E-state index contributed by atoms with van der Waals surface area (Å²) >= 11 is 0. The van der Waals surface area contributed by atoms with E-state index in [1.54, 1.807) is 44.2 Å². The first-order chi connectivity index (χ1) is 16.7. The van der Waals surface area contributed by atoms with Gasteiger partial charge in [-0.15, -0.1) is 0 Å². The van der Waals surface area contributed by atoms with Gasteiger partial charge in [-0.2, -0.15) is 0 Å². The third-order valence-corrected chi connectivity index (χ3v) is 9.65. The van der Waals surface area contributed by atoms with Gasteiger partial charge < -0.3 is 24.8 Å². The Morgan fingerprint density at radius 3 is 1.94 bits per heavy atom. The highest BCUT2D eigenvalue weighted by Gasteiger charge is 3.00. The standard InChI is InChI=1S/C28H32O8/c1-7-9-11-13-15(29)17-19-23(3)22(32)18(16(30)14-12-10-8-2)20-24(4,21(17)31)28(34)25(19,5)35-27(23,33)26(20,6)36-28/h7-14,17,19-20,30,33-34H,1-6H3/b9-7+,10-8+,13-11+,14-12+,18-16?/t17-,19+,20+,23+,24+,25-,26-,27+,28+/m0/s1. The third-order valence-electron chi connectivity index (χ3n) is 9.65. The van der Waals surface area contributed by atoms with E-state index in [0.717, 1.165) is 0 Å². The van der Waals surface area contributed by atoms with Gasteiger partial charge in [-0.1, -0.05) is 36.5 Å². The Kier molecular flexibility index (Phi) is 4.87. The SMILES string of the molecule is C/C=C/C=C/C(=O)[C@@H]1C(=O)[C@@]2(C)[C@H]3C(=C(O)/C=C/C=C/C)C(=O)[C@@]4(C)[C@@H]1[C@]1(C)O[C@@]4(O)[C@@]3(C)O[C@@]12O. The average molecular weight is 497 g/mol. The van der Waals surface area contributed by atoms with Gasteiger partial charge in [0.25, 0.3) is 0 Å². The van der Waals surface area contributed by atoms with E-state index in [9.17, 15) is 29.7 Å². The topological polar surface area (TPSA) is 130 Å². The number of allylic oxidation sites excluding steroid dienone is 8. The van der Waals surface area contributed by atoms with Crippen LogP contribution >= 0.6 is 0 Å². The van der Waals surface area contributed by atoms with Crippen LogP contribution in [0, 0.1) is 28.6 Å². The number of Topliss-reactive ketones (excluding diaryl/α,β-unsaturated/α-hetero) is 2. The maximum Gasteiger partial charge on any atom is 0.209 e. The first kappa shape index (κ1) is 25.0. The Hall–Kier alpha value is -2.65. The molecule has 8 nitrogen and oxygen atoms in total. The van der Waals surface area contributed by atoms with Crippen LogP contribution in [0.15, 0.2) is 59.9 Å². The number of hydrogen-bond donors (Lipinski definition) is 3. The molecular weight excluding hydrogens is 464 g/mol. The maximum atomic E-state index is 14.3. The Morgan fingerprint density at radius 1 is 0.833 bits per heavy atom. The van der Waals surface area contributed by atoms with E-state index in [0.29, 0.717) is 0 Å². The molecule has 8 bridgehead atoms. The molecule has 0 aromatic carbocycles. The summed E-state index contributed by atoms with van der Waals surface area (Å²) in [4.78, 5) is 42.2. The van der Waals surface area contributed by atoms with E-state index in [-0.39, 0.29) is 5.57 Å². The second-order valence-corrected chi connectivity index (χ2v) is 11.2. The molecule has 5 fully saturated rings. The summed E-state index contributed by atoms with van der Waals surface area (Å²) in [6.45, 7) is 9.43. The predicted octanol–water partition coefficient (Wildman–Crippen LogP) is 2.63. The molecule has 2 aliphatic heterocycles. The molecule has 3 N–H and O–H groups in total. The van der Waals surface area contributed by atoms with Crippen molar-refractivity contribution in [2.75, 3.05) is 0 Å². The largest absolute Gasteiger partial charge is 0.508 e. The highest BCUT2D eigenvalue weighted by Crippen LogP contribution is 2.83. The van der Waals surface area contributed by atoms with Crippen LogP contribution in [0.4, 0.5) is 0 Å². The van der Waals surface area contributed by atoms with Crippen molar-refractivity contribution in [3.05, 3.63) is 59.9 Å². The van der Waals surface area contributed by atoms with Crippen molar-refractivity contribution in [3.63, 3.8) is 0 Å². The zero-order valence-corrected chi connectivity index (χ0v) is 21.2. The molecule has 0 amide bonds. The van der Waals surface area contributed by atoms with Crippen LogP contribution in [0.25, 0.3) is 0 Å². The second-order valence-electron chi connectivity index (χ2n) is 11.2. The number of rotatable bonds is 5. The number of ketones is 3. The molecule has 5 rings (SSSR count). The van der Waals surface area contributed by atoms with Crippen molar-refractivity contribution >= 4 is 17.3 Å². The average Bonchev–Trinajstić information content (AvgIpc) is 3.12. The minimum atomic E-state index is -2.27. The van der Waals surface area contributed by atoms with Gasteiger partial charge in [0.1, 0.15) is 17.0 Å². The Labute approximate surface area is 209 Å². The number of carbonyl (C=O) groups is 3. The van der Waals surface area contributed by atoms with Gasteiger partial charge in [-0.3, -0.25) is 14.4 Å². The highest BCUT2D eigenvalue weighted by atomic mass is 16.8. The van der Waals surface area contributed by atoms with Crippen molar-refractivity contribution in [1.82, 2.24) is 0 Å². The van der Waals surface area contributed by atoms with Crippen LogP contribution in [-0.2, 0) is 23.9 Å². The molecule has 3 saturated carbocycles. The van der Waals surface area contributed by atoms with Gasteiger partial charge in [-0.25, -0.2) is 0 Å². The predicted molar refractivity (Wildman–Crippen MR) is 128 cm³/mol. The van der Waals surface area contributed by atoms with E-state index in [4.69, 9.17) is 9.47 Å². The van der Waals surface area contributed by atoms with E-state index in [1.165, 1.54) is 45.9 Å². The first-order valence-corrected chi connectivity index (χ1v) is 12.2. The minimum Gasteiger partial charge on any atom is -0.508 e. The molecule has 0 unspecified atom stereocenters. The highest BCUT2D eigenvalue weighted by molar-refractivity contribution is 6.16. The van der Waals surface area contributed by atoms with E-state index in [2.05, 4.69) is 0 Å². The number of aliphatic hydroxyl groups excluding tert-OH is 1. The molecule has 0 aromatic heterocycles. The fourth-order valence-corrected chi connectivity index (χ4v) is 8.21. The molecule has 0 radical (unpaired) electrons.